The van der Waals surface area contributed by atoms with E-state index in [4.69, 9.17) is 5.26 Å². The molecule has 1 amide bonds. The summed E-state index contributed by atoms with van der Waals surface area (Å²) < 4.78 is 14.1. The van der Waals surface area contributed by atoms with E-state index in [9.17, 15) is 9.18 Å². The van der Waals surface area contributed by atoms with Gasteiger partial charge in [-0.05, 0) is 41.9 Å². The number of halogens is 2. The van der Waals surface area contributed by atoms with Gasteiger partial charge in [0.15, 0.2) is 5.82 Å². The Balaban J connectivity index is 2.88. The molecule has 0 aliphatic rings. The van der Waals surface area contributed by atoms with Crippen LogP contribution in [0.25, 0.3) is 0 Å². The number of hydrogen-bond acceptors (Lipinski definition) is 3. The van der Waals surface area contributed by atoms with Gasteiger partial charge in [-0.25, -0.2) is 4.39 Å². The molecular formula is C13H15BrFN3O. The maximum absolute atomic E-state index is 13.9. The maximum atomic E-state index is 13.9. The van der Waals surface area contributed by atoms with Crippen molar-refractivity contribution in [2.75, 3.05) is 18.9 Å². The van der Waals surface area contributed by atoms with Crippen LogP contribution in [0, 0.1) is 22.6 Å². The molecule has 0 heterocycles. The van der Waals surface area contributed by atoms with Gasteiger partial charge in [0.2, 0.25) is 5.91 Å². The number of hydrogen-bond donors (Lipinski definition) is 2. The summed E-state index contributed by atoms with van der Waals surface area (Å²) in [7, 11) is 1.56. The van der Waals surface area contributed by atoms with Crippen molar-refractivity contribution in [3.05, 3.63) is 28.0 Å². The van der Waals surface area contributed by atoms with Crippen molar-refractivity contribution in [3.63, 3.8) is 0 Å². The number of anilines is 1. The van der Waals surface area contributed by atoms with Crippen molar-refractivity contribution < 1.29 is 9.18 Å². The molecule has 1 aromatic rings. The van der Waals surface area contributed by atoms with Crippen LogP contribution >= 0.6 is 15.9 Å². The molecule has 1 rings (SSSR count). The molecule has 2 N–H and O–H groups in total. The first-order valence-corrected chi connectivity index (χ1v) is 6.47. The molecule has 0 fully saturated rings. The Morgan fingerprint density at radius 3 is 2.68 bits per heavy atom. The Bertz CT molecular complexity index is 537. The van der Waals surface area contributed by atoms with Gasteiger partial charge in [-0.15, -0.1) is 0 Å². The number of rotatable bonds is 4. The number of carbonyl (C=O) groups excluding carboxylic acids is 1. The van der Waals surface area contributed by atoms with Gasteiger partial charge in [-0.2, -0.15) is 5.26 Å². The highest BCUT2D eigenvalue weighted by molar-refractivity contribution is 9.10. The van der Waals surface area contributed by atoms with Crippen LogP contribution in [-0.2, 0) is 4.79 Å². The second-order valence-corrected chi connectivity index (χ2v) is 5.51. The minimum absolute atomic E-state index is 0.123. The Morgan fingerprint density at radius 1 is 1.53 bits per heavy atom. The summed E-state index contributed by atoms with van der Waals surface area (Å²) in [5.74, 6) is -0.667. The lowest BCUT2D eigenvalue weighted by atomic mass is 9.92. The molecule has 0 unspecified atom stereocenters. The number of amides is 1. The van der Waals surface area contributed by atoms with E-state index in [0.29, 0.717) is 0 Å². The summed E-state index contributed by atoms with van der Waals surface area (Å²) in [6.07, 6.45) is 0. The van der Waals surface area contributed by atoms with Crippen LogP contribution in [0.1, 0.15) is 19.4 Å². The first-order chi connectivity index (χ1) is 8.83. The first-order valence-electron chi connectivity index (χ1n) is 5.67. The molecule has 102 valence electrons. The van der Waals surface area contributed by atoms with Gasteiger partial charge >= 0.3 is 0 Å². The van der Waals surface area contributed by atoms with Crippen LogP contribution in [-0.4, -0.2) is 19.5 Å². The highest BCUT2D eigenvalue weighted by Gasteiger charge is 2.26. The quantitative estimate of drug-likeness (QED) is 0.893. The average Bonchev–Trinajstić information content (AvgIpc) is 2.39. The molecule has 6 heteroatoms. The fourth-order valence-corrected chi connectivity index (χ4v) is 1.94. The van der Waals surface area contributed by atoms with E-state index < -0.39 is 11.2 Å². The molecule has 1 aromatic carbocycles. The van der Waals surface area contributed by atoms with Gasteiger partial charge in [0.1, 0.15) is 6.07 Å². The van der Waals surface area contributed by atoms with Crippen LogP contribution < -0.4 is 10.6 Å². The number of nitrogens with zero attached hydrogens (tertiary/aromatic N) is 1. The topological polar surface area (TPSA) is 64.9 Å². The normalized spacial score (nSPS) is 10.7. The zero-order chi connectivity index (χ0) is 14.6. The van der Waals surface area contributed by atoms with Crippen LogP contribution in [0.15, 0.2) is 16.6 Å². The molecule has 0 aromatic heterocycles. The highest BCUT2D eigenvalue weighted by atomic mass is 79.9. The molecule has 4 nitrogen and oxygen atoms in total. The van der Waals surface area contributed by atoms with E-state index in [1.54, 1.807) is 20.9 Å². The predicted octanol–water partition coefficient (Wildman–Crippen LogP) is 2.64. The van der Waals surface area contributed by atoms with Crippen molar-refractivity contribution in [2.45, 2.75) is 13.8 Å². The van der Waals surface area contributed by atoms with Crippen molar-refractivity contribution in [1.82, 2.24) is 5.32 Å². The lowest BCUT2D eigenvalue weighted by Crippen LogP contribution is -2.39. The lowest BCUT2D eigenvalue weighted by Gasteiger charge is -2.23. The molecule has 19 heavy (non-hydrogen) atoms. The van der Waals surface area contributed by atoms with E-state index in [-0.39, 0.29) is 28.2 Å². The smallest absolute Gasteiger partial charge is 0.227 e. The van der Waals surface area contributed by atoms with Crippen molar-refractivity contribution in [1.29, 1.82) is 5.26 Å². The zero-order valence-corrected chi connectivity index (χ0v) is 12.6. The first kappa shape index (κ1) is 15.4. The van der Waals surface area contributed by atoms with Gasteiger partial charge in [0.05, 0.1) is 21.1 Å². The Morgan fingerprint density at radius 2 is 2.16 bits per heavy atom. The zero-order valence-electron chi connectivity index (χ0n) is 11.0. The molecule has 0 aliphatic heterocycles. The van der Waals surface area contributed by atoms with E-state index in [0.717, 1.165) is 0 Å². The largest absolute Gasteiger partial charge is 0.382 e. The summed E-state index contributed by atoms with van der Waals surface area (Å²) in [5, 5.41) is 14.2. The molecule has 0 aliphatic carbocycles. The van der Waals surface area contributed by atoms with Crippen molar-refractivity contribution in [2.24, 2.45) is 5.41 Å². The van der Waals surface area contributed by atoms with Gasteiger partial charge in [0.25, 0.3) is 0 Å². The number of nitriles is 1. The molecule has 0 spiro atoms. The number of carbonyl (C=O) groups is 1. The van der Waals surface area contributed by atoms with Crippen molar-refractivity contribution in [3.8, 4) is 6.07 Å². The Labute approximate surface area is 120 Å². The summed E-state index contributed by atoms with van der Waals surface area (Å²) >= 11 is 3.04. The van der Waals surface area contributed by atoms with Crippen LogP contribution in [0.2, 0.25) is 0 Å². The van der Waals surface area contributed by atoms with E-state index in [2.05, 4.69) is 26.6 Å². The fraction of sp³-hybridized carbons (Fsp3) is 0.385. The van der Waals surface area contributed by atoms with Gasteiger partial charge in [-0.3, -0.25) is 4.79 Å². The van der Waals surface area contributed by atoms with E-state index >= 15 is 0 Å². The van der Waals surface area contributed by atoms with E-state index in [1.807, 2.05) is 6.07 Å². The minimum Gasteiger partial charge on any atom is -0.382 e. The second kappa shape index (κ2) is 6.02. The predicted molar refractivity (Wildman–Crippen MR) is 75.2 cm³/mol. The third-order valence-electron chi connectivity index (χ3n) is 2.77. The third kappa shape index (κ3) is 3.44. The van der Waals surface area contributed by atoms with Gasteiger partial charge < -0.3 is 10.6 Å². The summed E-state index contributed by atoms with van der Waals surface area (Å²) in [5.41, 5.74) is -0.182. The summed E-state index contributed by atoms with van der Waals surface area (Å²) in [6.45, 7) is 3.80. The average molecular weight is 328 g/mol. The monoisotopic (exact) mass is 327 g/mol. The van der Waals surface area contributed by atoms with Gasteiger partial charge in [0, 0.05) is 13.6 Å². The Kier molecular flexibility index (Phi) is 4.90. The second-order valence-electron chi connectivity index (χ2n) is 4.72. The molecule has 0 saturated carbocycles. The van der Waals surface area contributed by atoms with Crippen LogP contribution in [0.5, 0.6) is 0 Å². The maximum Gasteiger partial charge on any atom is 0.227 e. The van der Waals surface area contributed by atoms with Gasteiger partial charge in [-0.1, -0.05) is 0 Å². The van der Waals surface area contributed by atoms with Crippen molar-refractivity contribution >= 4 is 27.5 Å². The number of benzene rings is 1. The molecule has 0 bridgehead atoms. The lowest BCUT2D eigenvalue weighted by molar-refractivity contribution is -0.128. The third-order valence-corrected chi connectivity index (χ3v) is 3.54. The number of nitrogens with one attached hydrogen (secondary N) is 2. The van der Waals surface area contributed by atoms with E-state index in [1.165, 1.54) is 12.1 Å². The summed E-state index contributed by atoms with van der Waals surface area (Å²) in [6, 6.07) is 4.89. The minimum atomic E-state index is -0.665. The van der Waals surface area contributed by atoms with Crippen LogP contribution in [0.4, 0.5) is 10.1 Å². The summed E-state index contributed by atoms with van der Waals surface area (Å²) in [4.78, 5) is 11.6. The SMILES string of the molecule is CNC(=O)C(C)(C)CNc1ccc(C#N)c(Br)c1F. The standard InChI is InChI=1S/C13H15BrFN3O/c1-13(2,12(19)17-3)7-18-9-5-4-8(6-16)10(14)11(9)15/h4-5,18H,7H2,1-3H3,(H,17,19). The van der Waals surface area contributed by atoms with Crippen LogP contribution in [0.3, 0.4) is 0 Å². The molecule has 0 saturated heterocycles. The molecule has 0 radical (unpaired) electrons. The Hall–Kier alpha value is -1.61. The molecule has 0 atom stereocenters. The molecular weight excluding hydrogens is 313 g/mol. The fourth-order valence-electron chi connectivity index (χ4n) is 1.51. The highest BCUT2D eigenvalue weighted by Crippen LogP contribution is 2.27.